The summed E-state index contributed by atoms with van der Waals surface area (Å²) in [5, 5.41) is 6.84. The highest BCUT2D eigenvalue weighted by Gasteiger charge is 2.28. The normalized spacial score (nSPS) is 11.1. The summed E-state index contributed by atoms with van der Waals surface area (Å²) in [6.45, 7) is 6.70. The number of amides is 2. The minimum atomic E-state index is -0.638. The van der Waals surface area contributed by atoms with E-state index in [-0.39, 0.29) is 11.8 Å². The second-order valence-electron chi connectivity index (χ2n) is 8.84. The third-order valence-corrected chi connectivity index (χ3v) is 4.92. The third-order valence-electron chi connectivity index (χ3n) is 4.92. The molecule has 2 heterocycles. The SMILES string of the molecule is CC(=O)N(c1ccc(NC(=O)OC(C)(C)C)cc1)c1onc(-c2ccc(F)cc2)c1-c1ccncn1. The number of benzene rings is 2. The Morgan fingerprint density at radius 3 is 2.31 bits per heavy atom. The largest absolute Gasteiger partial charge is 0.444 e. The smallest absolute Gasteiger partial charge is 0.412 e. The average molecular weight is 490 g/mol. The highest BCUT2D eigenvalue weighted by Crippen LogP contribution is 2.41. The van der Waals surface area contributed by atoms with E-state index in [1.165, 1.54) is 30.3 Å². The van der Waals surface area contributed by atoms with Crippen LogP contribution in [0.5, 0.6) is 0 Å². The van der Waals surface area contributed by atoms with E-state index in [0.717, 1.165) is 0 Å². The van der Waals surface area contributed by atoms with E-state index >= 15 is 0 Å². The lowest BCUT2D eigenvalue weighted by Crippen LogP contribution is -2.27. The lowest BCUT2D eigenvalue weighted by atomic mass is 10.0. The molecule has 2 aromatic carbocycles. The number of nitrogens with zero attached hydrogens (tertiary/aromatic N) is 4. The van der Waals surface area contributed by atoms with Gasteiger partial charge in [-0.3, -0.25) is 10.1 Å². The molecule has 36 heavy (non-hydrogen) atoms. The van der Waals surface area contributed by atoms with E-state index in [1.54, 1.807) is 69.4 Å². The predicted octanol–water partition coefficient (Wildman–Crippen LogP) is 5.97. The Hall–Kier alpha value is -4.60. The Morgan fingerprint density at radius 2 is 1.72 bits per heavy atom. The molecule has 0 spiro atoms. The van der Waals surface area contributed by atoms with Gasteiger partial charge in [0.2, 0.25) is 11.8 Å². The number of carbonyl (C=O) groups is 2. The molecule has 1 N–H and O–H groups in total. The number of hydrogen-bond acceptors (Lipinski definition) is 7. The molecule has 10 heteroatoms. The number of aromatic nitrogens is 3. The summed E-state index contributed by atoms with van der Waals surface area (Å²) in [5.41, 5.74) is 2.19. The van der Waals surface area contributed by atoms with Crippen molar-refractivity contribution in [3.8, 4) is 22.5 Å². The third kappa shape index (κ3) is 5.54. The van der Waals surface area contributed by atoms with Gasteiger partial charge in [-0.25, -0.2) is 24.1 Å². The molecule has 9 nitrogen and oxygen atoms in total. The van der Waals surface area contributed by atoms with E-state index in [2.05, 4.69) is 20.4 Å². The van der Waals surface area contributed by atoms with Crippen molar-refractivity contribution < 1.29 is 23.2 Å². The van der Waals surface area contributed by atoms with Crippen LogP contribution in [-0.4, -0.2) is 32.7 Å². The van der Waals surface area contributed by atoms with Crippen LogP contribution in [0.15, 0.2) is 71.6 Å². The van der Waals surface area contributed by atoms with Gasteiger partial charge in [0.05, 0.1) is 16.9 Å². The molecular weight excluding hydrogens is 465 g/mol. The molecule has 0 atom stereocenters. The Bertz CT molecular complexity index is 1360. The van der Waals surface area contributed by atoms with Crippen LogP contribution in [0, 0.1) is 5.82 Å². The summed E-state index contributed by atoms with van der Waals surface area (Å²) in [6.07, 6.45) is 2.34. The topological polar surface area (TPSA) is 110 Å². The first-order valence-electron chi connectivity index (χ1n) is 11.0. The van der Waals surface area contributed by atoms with E-state index in [0.29, 0.717) is 33.9 Å². The summed E-state index contributed by atoms with van der Waals surface area (Å²) in [7, 11) is 0. The fourth-order valence-electron chi connectivity index (χ4n) is 3.47. The van der Waals surface area contributed by atoms with Gasteiger partial charge in [-0.15, -0.1) is 0 Å². The van der Waals surface area contributed by atoms with Crippen molar-refractivity contribution in [2.24, 2.45) is 0 Å². The second-order valence-corrected chi connectivity index (χ2v) is 8.84. The monoisotopic (exact) mass is 489 g/mol. The predicted molar refractivity (Wildman–Crippen MR) is 132 cm³/mol. The molecule has 0 saturated carbocycles. The summed E-state index contributed by atoms with van der Waals surface area (Å²) < 4.78 is 24.5. The van der Waals surface area contributed by atoms with E-state index < -0.39 is 17.5 Å². The number of halogens is 1. The number of carbonyl (C=O) groups excluding carboxylic acids is 2. The fourth-order valence-corrected chi connectivity index (χ4v) is 3.47. The van der Waals surface area contributed by atoms with Gasteiger partial charge in [0.15, 0.2) is 0 Å². The summed E-state index contributed by atoms with van der Waals surface area (Å²) in [6, 6.07) is 14.0. The standard InChI is InChI=1S/C26H24FN5O4/c1-16(33)32(20-11-9-19(10-12-20)30-25(34)35-26(2,3)4)24-22(21-13-14-28-15-29-21)23(31-36-24)17-5-7-18(27)8-6-17/h5-15H,1-4H3,(H,30,34). The van der Waals surface area contributed by atoms with Crippen molar-refractivity contribution in [1.29, 1.82) is 0 Å². The van der Waals surface area contributed by atoms with Crippen molar-refractivity contribution in [1.82, 2.24) is 15.1 Å². The molecule has 0 saturated heterocycles. The molecular formula is C26H24FN5O4. The van der Waals surface area contributed by atoms with Gasteiger partial charge in [0, 0.05) is 24.4 Å². The van der Waals surface area contributed by atoms with Gasteiger partial charge in [-0.2, -0.15) is 0 Å². The number of nitrogens with one attached hydrogen (secondary N) is 1. The molecule has 2 aromatic heterocycles. The molecule has 184 valence electrons. The number of rotatable bonds is 5. The minimum absolute atomic E-state index is 0.133. The van der Waals surface area contributed by atoms with Gasteiger partial charge < -0.3 is 9.26 Å². The lowest BCUT2D eigenvalue weighted by Gasteiger charge is -2.21. The molecule has 0 unspecified atom stereocenters. The van der Waals surface area contributed by atoms with Crippen LogP contribution >= 0.6 is 0 Å². The zero-order valence-electron chi connectivity index (χ0n) is 20.2. The molecule has 4 rings (SSSR count). The summed E-state index contributed by atoms with van der Waals surface area (Å²) in [4.78, 5) is 34.5. The van der Waals surface area contributed by atoms with Gasteiger partial charge in [-0.1, -0.05) is 5.16 Å². The first-order chi connectivity index (χ1) is 17.1. The second kappa shape index (κ2) is 9.95. The molecule has 0 aliphatic carbocycles. The van der Waals surface area contributed by atoms with Gasteiger partial charge >= 0.3 is 6.09 Å². The molecule has 0 aliphatic heterocycles. The first kappa shape index (κ1) is 24.5. The van der Waals surface area contributed by atoms with Crippen molar-refractivity contribution >= 4 is 29.3 Å². The van der Waals surface area contributed by atoms with Crippen LogP contribution in [0.25, 0.3) is 22.5 Å². The summed E-state index contributed by atoms with van der Waals surface area (Å²) in [5.74, 6) is -0.607. The molecule has 0 radical (unpaired) electrons. The van der Waals surface area contributed by atoms with E-state index in [1.807, 2.05) is 0 Å². The maximum atomic E-state index is 13.5. The number of hydrogen-bond donors (Lipinski definition) is 1. The van der Waals surface area contributed by atoms with Crippen LogP contribution in [-0.2, 0) is 9.53 Å². The minimum Gasteiger partial charge on any atom is -0.444 e. The van der Waals surface area contributed by atoms with Crippen molar-refractivity contribution in [3.05, 3.63) is 72.9 Å². The Labute approximate surface area is 206 Å². The highest BCUT2D eigenvalue weighted by molar-refractivity contribution is 6.03. The van der Waals surface area contributed by atoms with Gasteiger partial charge in [0.1, 0.15) is 23.4 Å². The zero-order valence-corrected chi connectivity index (χ0v) is 20.2. The van der Waals surface area contributed by atoms with Crippen LogP contribution in [0.1, 0.15) is 27.7 Å². The van der Waals surface area contributed by atoms with Crippen molar-refractivity contribution in [2.45, 2.75) is 33.3 Å². The molecule has 4 aromatic rings. The van der Waals surface area contributed by atoms with Gasteiger partial charge in [0.25, 0.3) is 0 Å². The van der Waals surface area contributed by atoms with Crippen LogP contribution in [0.3, 0.4) is 0 Å². The molecule has 2 amide bonds. The van der Waals surface area contributed by atoms with Crippen LogP contribution in [0.4, 0.5) is 26.4 Å². The van der Waals surface area contributed by atoms with Crippen LogP contribution in [0.2, 0.25) is 0 Å². The summed E-state index contributed by atoms with van der Waals surface area (Å²) >= 11 is 0. The number of anilines is 3. The average Bonchev–Trinajstić information content (AvgIpc) is 3.24. The highest BCUT2D eigenvalue weighted by atomic mass is 19.1. The van der Waals surface area contributed by atoms with E-state index in [9.17, 15) is 14.0 Å². The fraction of sp³-hybridized carbons (Fsp3) is 0.192. The van der Waals surface area contributed by atoms with Crippen molar-refractivity contribution in [2.75, 3.05) is 10.2 Å². The number of ether oxygens (including phenoxy) is 1. The molecule has 0 aliphatic rings. The van der Waals surface area contributed by atoms with Crippen molar-refractivity contribution in [3.63, 3.8) is 0 Å². The Kier molecular flexibility index (Phi) is 6.77. The van der Waals surface area contributed by atoms with Gasteiger partial charge in [-0.05, 0) is 75.4 Å². The Balaban J connectivity index is 1.74. The lowest BCUT2D eigenvalue weighted by molar-refractivity contribution is -0.116. The van der Waals surface area contributed by atoms with E-state index in [4.69, 9.17) is 9.26 Å². The zero-order chi connectivity index (χ0) is 25.9. The maximum absolute atomic E-state index is 13.5. The molecule has 0 fully saturated rings. The van der Waals surface area contributed by atoms with Crippen LogP contribution < -0.4 is 10.2 Å². The molecule has 0 bridgehead atoms. The maximum Gasteiger partial charge on any atom is 0.412 e. The Morgan fingerprint density at radius 1 is 1.03 bits per heavy atom. The first-order valence-corrected chi connectivity index (χ1v) is 11.0. The quantitative estimate of drug-likeness (QED) is 0.368.